The van der Waals surface area contributed by atoms with Gasteiger partial charge in [-0.15, -0.1) is 11.3 Å². The van der Waals surface area contributed by atoms with Crippen molar-refractivity contribution in [3.05, 3.63) is 41.3 Å². The molecule has 7 heteroatoms. The fraction of sp³-hybridized carbons (Fsp3) is 0.429. The highest BCUT2D eigenvalue weighted by molar-refractivity contribution is 7.15. The smallest absolute Gasteiger partial charge is 0.341 e. The average Bonchev–Trinajstić information content (AvgIpc) is 3.12. The van der Waals surface area contributed by atoms with Gasteiger partial charge in [-0.2, -0.15) is 0 Å². The second-order valence-electron chi connectivity index (χ2n) is 6.94. The molecule has 0 unspecified atom stereocenters. The van der Waals surface area contributed by atoms with Crippen LogP contribution in [-0.4, -0.2) is 67.6 Å². The van der Waals surface area contributed by atoms with Crippen molar-refractivity contribution in [1.82, 2.24) is 9.80 Å². The predicted octanol–water partition coefficient (Wildman–Crippen LogP) is 3.17. The molecule has 150 valence electrons. The molecule has 0 spiro atoms. The SMILES string of the molecule is CCOC(=O)c1c(-c2ccccc2)csc1NC(=O)[C@@H](C)N1CCN(C)CC1. The van der Waals surface area contributed by atoms with Gasteiger partial charge in [-0.25, -0.2) is 4.79 Å². The number of nitrogens with one attached hydrogen (secondary N) is 1. The van der Waals surface area contributed by atoms with E-state index in [9.17, 15) is 9.59 Å². The lowest BCUT2D eigenvalue weighted by molar-refractivity contribution is -0.121. The van der Waals surface area contributed by atoms with Gasteiger partial charge < -0.3 is 15.0 Å². The number of carbonyl (C=O) groups is 2. The van der Waals surface area contributed by atoms with Crippen molar-refractivity contribution >= 4 is 28.2 Å². The number of thiophene rings is 1. The summed E-state index contributed by atoms with van der Waals surface area (Å²) in [7, 11) is 2.09. The number of hydrogen-bond acceptors (Lipinski definition) is 6. The van der Waals surface area contributed by atoms with Crippen molar-refractivity contribution in [3.8, 4) is 11.1 Å². The Labute approximate surface area is 170 Å². The average molecular weight is 402 g/mol. The second-order valence-corrected chi connectivity index (χ2v) is 7.82. The summed E-state index contributed by atoms with van der Waals surface area (Å²) in [6.45, 7) is 7.58. The fourth-order valence-electron chi connectivity index (χ4n) is 3.28. The highest BCUT2D eigenvalue weighted by atomic mass is 32.1. The number of likely N-dealkylation sites (N-methyl/N-ethyl adjacent to an activating group) is 1. The molecule has 0 saturated carbocycles. The number of esters is 1. The van der Waals surface area contributed by atoms with E-state index >= 15 is 0 Å². The molecule has 1 fully saturated rings. The van der Waals surface area contributed by atoms with Gasteiger partial charge in [-0.3, -0.25) is 9.69 Å². The van der Waals surface area contributed by atoms with E-state index in [0.29, 0.717) is 10.6 Å². The summed E-state index contributed by atoms with van der Waals surface area (Å²) in [5, 5.41) is 5.42. The van der Waals surface area contributed by atoms with Gasteiger partial charge in [0.05, 0.1) is 12.6 Å². The molecule has 1 saturated heterocycles. The summed E-state index contributed by atoms with van der Waals surface area (Å²) >= 11 is 1.36. The molecule has 3 rings (SSSR count). The van der Waals surface area contributed by atoms with Gasteiger partial charge in [0.2, 0.25) is 5.91 Å². The van der Waals surface area contributed by atoms with Crippen molar-refractivity contribution < 1.29 is 14.3 Å². The maximum Gasteiger partial charge on any atom is 0.341 e. The molecule has 1 atom stereocenters. The second kappa shape index (κ2) is 9.32. The summed E-state index contributed by atoms with van der Waals surface area (Å²) in [4.78, 5) is 29.9. The van der Waals surface area contributed by atoms with Crippen LogP contribution in [0.25, 0.3) is 11.1 Å². The van der Waals surface area contributed by atoms with Gasteiger partial charge in [-0.1, -0.05) is 30.3 Å². The van der Waals surface area contributed by atoms with Crippen molar-refractivity contribution in [3.63, 3.8) is 0 Å². The molecule has 1 aromatic carbocycles. The molecular formula is C21H27N3O3S. The van der Waals surface area contributed by atoms with E-state index in [0.717, 1.165) is 37.3 Å². The number of hydrogen-bond donors (Lipinski definition) is 1. The number of amides is 1. The van der Waals surface area contributed by atoms with Gasteiger partial charge in [0, 0.05) is 37.1 Å². The van der Waals surface area contributed by atoms with Gasteiger partial charge in [0.25, 0.3) is 0 Å². The number of piperazine rings is 1. The summed E-state index contributed by atoms with van der Waals surface area (Å²) in [5.41, 5.74) is 2.14. The van der Waals surface area contributed by atoms with E-state index in [1.807, 2.05) is 42.6 Å². The quantitative estimate of drug-likeness (QED) is 0.754. The van der Waals surface area contributed by atoms with Gasteiger partial charge in [0.15, 0.2) is 0 Å². The molecule has 0 bridgehead atoms. The van der Waals surface area contributed by atoms with Crippen molar-refractivity contribution in [2.24, 2.45) is 0 Å². The summed E-state index contributed by atoms with van der Waals surface area (Å²) in [6.07, 6.45) is 0. The number of anilines is 1. The highest BCUT2D eigenvalue weighted by Gasteiger charge is 2.27. The molecule has 0 radical (unpaired) electrons. The van der Waals surface area contributed by atoms with Crippen LogP contribution in [0.1, 0.15) is 24.2 Å². The normalized spacial score (nSPS) is 16.5. The lowest BCUT2D eigenvalue weighted by Crippen LogP contribution is -2.51. The lowest BCUT2D eigenvalue weighted by atomic mass is 10.0. The topological polar surface area (TPSA) is 61.9 Å². The Morgan fingerprint density at radius 3 is 2.50 bits per heavy atom. The maximum atomic E-state index is 12.9. The van der Waals surface area contributed by atoms with Crippen molar-refractivity contribution in [2.75, 3.05) is 45.2 Å². The van der Waals surface area contributed by atoms with Crippen molar-refractivity contribution in [1.29, 1.82) is 0 Å². The van der Waals surface area contributed by atoms with Crippen LogP contribution in [-0.2, 0) is 9.53 Å². The molecule has 6 nitrogen and oxygen atoms in total. The van der Waals surface area contributed by atoms with E-state index in [-0.39, 0.29) is 18.6 Å². The lowest BCUT2D eigenvalue weighted by Gasteiger charge is -2.35. The Bertz CT molecular complexity index is 814. The molecule has 28 heavy (non-hydrogen) atoms. The van der Waals surface area contributed by atoms with Crippen LogP contribution in [0.2, 0.25) is 0 Å². The number of nitrogens with zero attached hydrogens (tertiary/aromatic N) is 2. The first-order chi connectivity index (χ1) is 13.5. The third kappa shape index (κ3) is 4.60. The molecule has 2 heterocycles. The zero-order chi connectivity index (χ0) is 20.1. The largest absolute Gasteiger partial charge is 0.462 e. The number of ether oxygens (including phenoxy) is 1. The van der Waals surface area contributed by atoms with E-state index in [1.165, 1.54) is 11.3 Å². The predicted molar refractivity (Wildman–Crippen MR) is 113 cm³/mol. The van der Waals surface area contributed by atoms with E-state index < -0.39 is 5.97 Å². The molecule has 1 aromatic heterocycles. The maximum absolute atomic E-state index is 12.9. The third-order valence-corrected chi connectivity index (χ3v) is 5.95. The Kier molecular flexibility index (Phi) is 6.83. The fourth-order valence-corrected chi connectivity index (χ4v) is 4.24. The first-order valence-corrected chi connectivity index (χ1v) is 10.5. The van der Waals surface area contributed by atoms with Gasteiger partial charge in [-0.05, 0) is 26.5 Å². The molecule has 1 aliphatic rings. The molecule has 1 amide bonds. The zero-order valence-electron chi connectivity index (χ0n) is 16.6. The Morgan fingerprint density at radius 1 is 1.18 bits per heavy atom. The van der Waals surface area contributed by atoms with E-state index in [2.05, 4.69) is 22.2 Å². The molecule has 1 aliphatic heterocycles. The molecule has 1 N–H and O–H groups in total. The van der Waals surface area contributed by atoms with Crippen LogP contribution in [0, 0.1) is 0 Å². The molecule has 0 aliphatic carbocycles. The molecular weight excluding hydrogens is 374 g/mol. The molecule has 2 aromatic rings. The van der Waals surface area contributed by atoms with E-state index in [4.69, 9.17) is 4.74 Å². The highest BCUT2D eigenvalue weighted by Crippen LogP contribution is 2.36. The Balaban J connectivity index is 1.82. The third-order valence-electron chi connectivity index (χ3n) is 5.06. The van der Waals surface area contributed by atoms with Crippen LogP contribution < -0.4 is 5.32 Å². The van der Waals surface area contributed by atoms with Crippen LogP contribution in [0.3, 0.4) is 0 Å². The van der Waals surface area contributed by atoms with Crippen molar-refractivity contribution in [2.45, 2.75) is 19.9 Å². The Hall–Kier alpha value is -2.22. The number of rotatable bonds is 6. The van der Waals surface area contributed by atoms with Gasteiger partial charge in [0.1, 0.15) is 10.6 Å². The standard InChI is InChI=1S/C21H27N3O3S/c1-4-27-21(26)18-17(16-8-6-5-7-9-16)14-28-20(18)22-19(25)15(2)24-12-10-23(3)11-13-24/h5-9,14-15H,4,10-13H2,1-3H3,(H,22,25)/t15-/m1/s1. The monoisotopic (exact) mass is 401 g/mol. The number of carbonyl (C=O) groups excluding carboxylic acids is 2. The first-order valence-electron chi connectivity index (χ1n) is 9.58. The summed E-state index contributed by atoms with van der Waals surface area (Å²) in [5.74, 6) is -0.512. The van der Waals surface area contributed by atoms with Crippen LogP contribution in [0.15, 0.2) is 35.7 Å². The zero-order valence-corrected chi connectivity index (χ0v) is 17.4. The minimum Gasteiger partial charge on any atom is -0.462 e. The van der Waals surface area contributed by atoms with Crippen LogP contribution in [0.4, 0.5) is 5.00 Å². The number of benzene rings is 1. The van der Waals surface area contributed by atoms with Crippen LogP contribution >= 0.6 is 11.3 Å². The van der Waals surface area contributed by atoms with E-state index in [1.54, 1.807) is 6.92 Å². The summed E-state index contributed by atoms with van der Waals surface area (Å²) in [6, 6.07) is 9.42. The summed E-state index contributed by atoms with van der Waals surface area (Å²) < 4.78 is 5.26. The first kappa shape index (κ1) is 20.5. The minimum atomic E-state index is -0.412. The van der Waals surface area contributed by atoms with Crippen LogP contribution in [0.5, 0.6) is 0 Å². The van der Waals surface area contributed by atoms with Gasteiger partial charge >= 0.3 is 5.97 Å². The minimum absolute atomic E-state index is 0.100. The Morgan fingerprint density at radius 2 is 1.86 bits per heavy atom.